The molecule has 0 radical (unpaired) electrons. The molecule has 1 aliphatic carbocycles. The van der Waals surface area contributed by atoms with Gasteiger partial charge in [-0.1, -0.05) is 30.3 Å². The second kappa shape index (κ2) is 6.59. The van der Waals surface area contributed by atoms with E-state index < -0.39 is 10.0 Å². The third-order valence-electron chi connectivity index (χ3n) is 4.66. The number of fused-ring (bicyclic) bond motifs is 1. The average Bonchev–Trinajstić information content (AvgIpc) is 2.93. The fourth-order valence-corrected chi connectivity index (χ4v) is 4.00. The van der Waals surface area contributed by atoms with Crippen LogP contribution in [0.2, 0.25) is 0 Å². The van der Waals surface area contributed by atoms with Crippen LogP contribution >= 0.6 is 0 Å². The van der Waals surface area contributed by atoms with E-state index in [1.807, 2.05) is 18.2 Å². The molecule has 2 N–H and O–H groups in total. The van der Waals surface area contributed by atoms with Crippen molar-refractivity contribution < 1.29 is 17.9 Å². The van der Waals surface area contributed by atoms with Gasteiger partial charge in [0.1, 0.15) is 0 Å². The van der Waals surface area contributed by atoms with E-state index in [0.29, 0.717) is 5.92 Å². The Morgan fingerprint density at radius 2 is 2.04 bits per heavy atom. The second-order valence-electron chi connectivity index (χ2n) is 6.33. The van der Waals surface area contributed by atoms with Crippen LogP contribution in [-0.4, -0.2) is 45.9 Å². The summed E-state index contributed by atoms with van der Waals surface area (Å²) in [6.07, 6.45) is 3.04. The highest BCUT2D eigenvalue weighted by atomic mass is 32.2. The number of nitrogens with one attached hydrogen (secondary N) is 2. The Balaban J connectivity index is 1.61. The lowest BCUT2D eigenvalue weighted by Crippen LogP contribution is -2.62. The Morgan fingerprint density at radius 3 is 2.74 bits per heavy atom. The number of amides is 1. The molecular weight excluding hydrogens is 316 g/mol. The first-order chi connectivity index (χ1) is 10.9. The van der Waals surface area contributed by atoms with Crippen molar-refractivity contribution in [2.45, 2.75) is 25.0 Å². The summed E-state index contributed by atoms with van der Waals surface area (Å²) in [5, 5.41) is 2.98. The number of ether oxygens (including phenoxy) is 1. The van der Waals surface area contributed by atoms with Gasteiger partial charge in [-0.05, 0) is 18.4 Å². The van der Waals surface area contributed by atoms with Crippen LogP contribution in [0, 0.1) is 11.8 Å². The van der Waals surface area contributed by atoms with Gasteiger partial charge < -0.3 is 10.1 Å². The van der Waals surface area contributed by atoms with Crippen molar-refractivity contribution in [1.82, 2.24) is 10.0 Å². The third-order valence-corrected chi connectivity index (χ3v) is 5.33. The van der Waals surface area contributed by atoms with Gasteiger partial charge in [-0.15, -0.1) is 0 Å². The first-order valence-corrected chi connectivity index (χ1v) is 9.73. The first kappa shape index (κ1) is 16.4. The van der Waals surface area contributed by atoms with Crippen molar-refractivity contribution in [3.63, 3.8) is 0 Å². The summed E-state index contributed by atoms with van der Waals surface area (Å²) < 4.78 is 30.2. The van der Waals surface area contributed by atoms with E-state index in [0.717, 1.165) is 25.7 Å². The minimum absolute atomic E-state index is 0.0524. The van der Waals surface area contributed by atoms with Gasteiger partial charge in [0.05, 0.1) is 18.9 Å². The zero-order valence-electron chi connectivity index (χ0n) is 13.1. The Morgan fingerprint density at radius 1 is 1.30 bits per heavy atom. The minimum atomic E-state index is -3.36. The van der Waals surface area contributed by atoms with Crippen LogP contribution in [0.4, 0.5) is 0 Å². The molecule has 1 heterocycles. The van der Waals surface area contributed by atoms with Gasteiger partial charge in [0.15, 0.2) is 0 Å². The lowest BCUT2D eigenvalue weighted by Gasteiger charge is -2.48. The topological polar surface area (TPSA) is 84.5 Å². The molecule has 2 fully saturated rings. The van der Waals surface area contributed by atoms with Gasteiger partial charge in [0, 0.05) is 24.5 Å². The van der Waals surface area contributed by atoms with Crippen molar-refractivity contribution in [2.24, 2.45) is 11.8 Å². The maximum Gasteiger partial charge on any atom is 0.235 e. The van der Waals surface area contributed by atoms with Crippen LogP contribution in [0.15, 0.2) is 30.3 Å². The van der Waals surface area contributed by atoms with E-state index in [1.165, 1.54) is 5.56 Å². The Labute approximate surface area is 136 Å². The number of rotatable bonds is 6. The maximum atomic E-state index is 12.0. The monoisotopic (exact) mass is 338 g/mol. The molecule has 2 aliphatic rings. The molecular formula is C16H22N2O4S. The van der Waals surface area contributed by atoms with Crippen molar-refractivity contribution in [1.29, 1.82) is 0 Å². The molecule has 1 amide bonds. The smallest absolute Gasteiger partial charge is 0.235 e. The largest absolute Gasteiger partial charge is 0.377 e. The highest BCUT2D eigenvalue weighted by Gasteiger charge is 2.53. The fraction of sp³-hybridized carbons (Fsp3) is 0.562. The molecule has 7 heteroatoms. The van der Waals surface area contributed by atoms with E-state index in [2.05, 4.69) is 22.2 Å². The lowest BCUT2D eigenvalue weighted by molar-refractivity contribution is -0.126. The molecule has 1 saturated heterocycles. The van der Waals surface area contributed by atoms with Crippen molar-refractivity contribution in [2.75, 3.05) is 19.4 Å². The van der Waals surface area contributed by atoms with Gasteiger partial charge in [0.25, 0.3) is 0 Å². The highest BCUT2D eigenvalue weighted by molar-refractivity contribution is 7.88. The van der Waals surface area contributed by atoms with E-state index in [4.69, 9.17) is 4.74 Å². The molecule has 126 valence electrons. The molecule has 0 spiro atoms. The first-order valence-electron chi connectivity index (χ1n) is 7.83. The summed E-state index contributed by atoms with van der Waals surface area (Å²) in [5.74, 6) is 0.293. The fourth-order valence-electron chi connectivity index (χ4n) is 3.61. The maximum absolute atomic E-state index is 12.0. The molecule has 23 heavy (non-hydrogen) atoms. The number of carbonyl (C=O) groups excluding carboxylic acids is 1. The van der Waals surface area contributed by atoms with Gasteiger partial charge >= 0.3 is 0 Å². The molecule has 1 aliphatic heterocycles. The zero-order chi connectivity index (χ0) is 16.4. The van der Waals surface area contributed by atoms with E-state index in [-0.39, 0.29) is 30.5 Å². The molecule has 1 aromatic carbocycles. The van der Waals surface area contributed by atoms with Crippen LogP contribution in [0.1, 0.15) is 12.0 Å². The molecule has 0 unspecified atom stereocenters. The predicted octanol–water partition coefficient (Wildman–Crippen LogP) is 0.298. The average molecular weight is 338 g/mol. The van der Waals surface area contributed by atoms with Crippen LogP contribution in [0.5, 0.6) is 0 Å². The van der Waals surface area contributed by atoms with Gasteiger partial charge in [-0.25, -0.2) is 13.1 Å². The molecule has 3 rings (SSSR count). The molecule has 4 atom stereocenters. The van der Waals surface area contributed by atoms with Crippen molar-refractivity contribution in [3.8, 4) is 0 Å². The van der Waals surface area contributed by atoms with Crippen LogP contribution in [0.3, 0.4) is 0 Å². The summed E-state index contributed by atoms with van der Waals surface area (Å²) in [5.41, 5.74) is 1.22. The Hall–Kier alpha value is -1.44. The second-order valence-corrected chi connectivity index (χ2v) is 8.16. The number of hydrogen-bond acceptors (Lipinski definition) is 4. The highest BCUT2D eigenvalue weighted by Crippen LogP contribution is 2.45. The van der Waals surface area contributed by atoms with Gasteiger partial charge in [-0.2, -0.15) is 0 Å². The Bertz CT molecular complexity index is 662. The van der Waals surface area contributed by atoms with Gasteiger partial charge in [0.2, 0.25) is 15.9 Å². The molecule has 6 nitrogen and oxygen atoms in total. The summed E-state index contributed by atoms with van der Waals surface area (Å²) in [7, 11) is -3.36. The quantitative estimate of drug-likeness (QED) is 0.781. The number of sulfonamides is 1. The third kappa shape index (κ3) is 3.91. The van der Waals surface area contributed by atoms with Crippen LogP contribution in [0.25, 0.3) is 0 Å². The lowest BCUT2D eigenvalue weighted by atomic mass is 9.64. The standard InChI is InChI=1S/C16H22N2O4S/c1-23(20,21)17-10-14(19)18-15-12-7-8-22-16(12)13(15)9-11-5-3-2-4-6-11/h2-6,12-13,15-17H,7-10H2,1H3,(H,18,19)/t12-,13+,15-,16-/m0/s1. The Kier molecular flexibility index (Phi) is 4.70. The summed E-state index contributed by atoms with van der Waals surface area (Å²) in [6, 6.07) is 10.2. The van der Waals surface area contributed by atoms with Crippen molar-refractivity contribution in [3.05, 3.63) is 35.9 Å². The van der Waals surface area contributed by atoms with E-state index >= 15 is 0 Å². The van der Waals surface area contributed by atoms with Crippen LogP contribution < -0.4 is 10.0 Å². The molecule has 0 aromatic heterocycles. The predicted molar refractivity (Wildman–Crippen MR) is 86.3 cm³/mol. The molecule has 0 bridgehead atoms. The summed E-state index contributed by atoms with van der Waals surface area (Å²) in [4.78, 5) is 12.0. The molecule has 1 aromatic rings. The van der Waals surface area contributed by atoms with Gasteiger partial charge in [-0.3, -0.25) is 4.79 Å². The summed E-state index contributed by atoms with van der Waals surface area (Å²) in [6.45, 7) is 0.514. The normalized spacial score (nSPS) is 29.6. The number of carbonyl (C=O) groups is 1. The number of benzene rings is 1. The SMILES string of the molecule is CS(=O)(=O)NCC(=O)N[C@@H]1[C@@H](Cc2ccccc2)[C@H]2OCC[C@@H]12. The molecule has 1 saturated carbocycles. The minimum Gasteiger partial charge on any atom is -0.377 e. The van der Waals surface area contributed by atoms with E-state index in [1.54, 1.807) is 0 Å². The summed E-state index contributed by atoms with van der Waals surface area (Å²) >= 11 is 0. The van der Waals surface area contributed by atoms with Crippen molar-refractivity contribution >= 4 is 15.9 Å². The number of hydrogen-bond donors (Lipinski definition) is 2. The van der Waals surface area contributed by atoms with Crippen LogP contribution in [-0.2, 0) is 26.0 Å². The zero-order valence-corrected chi connectivity index (χ0v) is 13.9. The van der Waals surface area contributed by atoms with E-state index in [9.17, 15) is 13.2 Å².